The third-order valence-electron chi connectivity index (χ3n) is 4.90. The maximum atomic E-state index is 11.6. The fourth-order valence-electron chi connectivity index (χ4n) is 3.48. The normalized spacial score (nSPS) is 13.8. The molecule has 0 aromatic heterocycles. The average Bonchev–Trinajstić information content (AvgIpc) is 2.68. The van der Waals surface area contributed by atoms with Crippen LogP contribution < -0.4 is 0 Å². The van der Waals surface area contributed by atoms with Gasteiger partial charge in [-0.1, -0.05) is 67.6 Å². The van der Waals surface area contributed by atoms with E-state index in [0.29, 0.717) is 6.42 Å². The molecule has 0 aliphatic rings. The van der Waals surface area contributed by atoms with Crippen LogP contribution in [0.25, 0.3) is 0 Å². The predicted molar refractivity (Wildman–Crippen MR) is 107 cm³/mol. The van der Waals surface area contributed by atoms with Crippen LogP contribution in [0.5, 0.6) is 11.5 Å². The summed E-state index contributed by atoms with van der Waals surface area (Å²) in [6.45, 7) is 2.05. The SMILES string of the molecule is CC(CC(c1ccccc1)c1cc(O)cc(S(=O)(=O)O)c1O)c1ccccc1. The summed E-state index contributed by atoms with van der Waals surface area (Å²) in [6.07, 6.45) is 0.565. The van der Waals surface area contributed by atoms with Crippen molar-refractivity contribution < 1.29 is 23.2 Å². The Hall–Kier alpha value is -2.83. The first-order chi connectivity index (χ1) is 13.3. The minimum Gasteiger partial charge on any atom is -0.508 e. The lowest BCUT2D eigenvalue weighted by molar-refractivity contribution is 0.422. The van der Waals surface area contributed by atoms with Gasteiger partial charge >= 0.3 is 0 Å². The number of phenols is 2. The fourth-order valence-corrected chi connectivity index (χ4v) is 4.11. The van der Waals surface area contributed by atoms with Crippen LogP contribution in [-0.2, 0) is 10.1 Å². The van der Waals surface area contributed by atoms with E-state index in [-0.39, 0.29) is 23.1 Å². The molecule has 0 radical (unpaired) electrons. The Bertz CT molecular complexity index is 1050. The molecule has 2 unspecified atom stereocenters. The lowest BCUT2D eigenvalue weighted by Gasteiger charge is -2.24. The predicted octanol–water partition coefficient (Wildman–Crippen LogP) is 4.67. The van der Waals surface area contributed by atoms with Gasteiger partial charge in [0.25, 0.3) is 10.1 Å². The highest BCUT2D eigenvalue weighted by atomic mass is 32.2. The van der Waals surface area contributed by atoms with Gasteiger partial charge in [0.15, 0.2) is 0 Å². The molecule has 3 aromatic carbocycles. The van der Waals surface area contributed by atoms with Crippen molar-refractivity contribution in [2.24, 2.45) is 0 Å². The maximum Gasteiger partial charge on any atom is 0.298 e. The Kier molecular flexibility index (Phi) is 5.72. The van der Waals surface area contributed by atoms with Crippen LogP contribution in [-0.4, -0.2) is 23.2 Å². The minimum absolute atomic E-state index is 0.0994. The van der Waals surface area contributed by atoms with E-state index in [1.54, 1.807) is 0 Å². The highest BCUT2D eigenvalue weighted by Gasteiger charge is 2.27. The van der Waals surface area contributed by atoms with Crippen molar-refractivity contribution in [2.45, 2.75) is 30.1 Å². The van der Waals surface area contributed by atoms with E-state index in [4.69, 9.17) is 0 Å². The quantitative estimate of drug-likeness (QED) is 0.414. The van der Waals surface area contributed by atoms with Gasteiger partial charge in [-0.15, -0.1) is 0 Å². The number of rotatable bonds is 6. The minimum atomic E-state index is -4.68. The van der Waals surface area contributed by atoms with Crippen LogP contribution in [0.3, 0.4) is 0 Å². The van der Waals surface area contributed by atoms with Crippen LogP contribution in [0, 0.1) is 0 Å². The molecule has 0 saturated carbocycles. The Balaban J connectivity index is 2.12. The molecule has 0 bridgehead atoms. The molecular formula is C22H22O5S. The standard InChI is InChI=1S/C22H22O5S/c1-15(16-8-4-2-5-9-16)12-19(17-10-6-3-7-11-17)20-13-18(23)14-21(22(20)24)28(25,26)27/h2-11,13-15,19,23-24H,12H2,1H3,(H,25,26,27). The van der Waals surface area contributed by atoms with Gasteiger partial charge in [-0.25, -0.2) is 0 Å². The summed E-state index contributed by atoms with van der Waals surface area (Å²) in [6, 6.07) is 21.4. The molecular weight excluding hydrogens is 376 g/mol. The summed E-state index contributed by atoms with van der Waals surface area (Å²) in [5, 5.41) is 20.7. The smallest absolute Gasteiger partial charge is 0.298 e. The topological polar surface area (TPSA) is 94.8 Å². The van der Waals surface area contributed by atoms with Crippen molar-refractivity contribution in [3.63, 3.8) is 0 Å². The number of hydrogen-bond acceptors (Lipinski definition) is 4. The number of phenolic OH excluding ortho intramolecular Hbond substituents is 2. The second-order valence-electron chi connectivity index (χ2n) is 6.87. The second kappa shape index (κ2) is 8.04. The molecule has 6 heteroatoms. The third-order valence-corrected chi connectivity index (χ3v) is 5.77. The monoisotopic (exact) mass is 398 g/mol. The van der Waals surface area contributed by atoms with E-state index in [0.717, 1.165) is 17.2 Å². The van der Waals surface area contributed by atoms with Crippen molar-refractivity contribution in [1.29, 1.82) is 0 Å². The van der Waals surface area contributed by atoms with E-state index in [1.165, 1.54) is 6.07 Å². The molecule has 2 atom stereocenters. The van der Waals surface area contributed by atoms with Crippen LogP contribution in [0.4, 0.5) is 0 Å². The van der Waals surface area contributed by atoms with Crippen molar-refractivity contribution in [2.75, 3.05) is 0 Å². The van der Waals surface area contributed by atoms with Crippen LogP contribution in [0.15, 0.2) is 77.7 Å². The molecule has 3 aromatic rings. The zero-order chi connectivity index (χ0) is 20.3. The second-order valence-corrected chi connectivity index (χ2v) is 8.26. The van der Waals surface area contributed by atoms with Crippen molar-refractivity contribution in [3.05, 3.63) is 89.5 Å². The van der Waals surface area contributed by atoms with E-state index < -0.39 is 20.8 Å². The maximum absolute atomic E-state index is 11.6. The average molecular weight is 398 g/mol. The summed E-state index contributed by atoms with van der Waals surface area (Å²) in [7, 11) is -4.68. The van der Waals surface area contributed by atoms with Crippen molar-refractivity contribution in [3.8, 4) is 11.5 Å². The molecule has 0 fully saturated rings. The molecule has 3 rings (SSSR count). The Labute approximate surface area is 164 Å². The third kappa shape index (κ3) is 4.35. The molecule has 0 saturated heterocycles. The van der Waals surface area contributed by atoms with E-state index >= 15 is 0 Å². The molecule has 0 aliphatic heterocycles. The lowest BCUT2D eigenvalue weighted by Crippen LogP contribution is -2.09. The molecule has 0 amide bonds. The molecule has 146 valence electrons. The summed E-state index contributed by atoms with van der Waals surface area (Å²) in [5.41, 5.74) is 2.23. The molecule has 0 spiro atoms. The fraction of sp³-hybridized carbons (Fsp3) is 0.182. The first-order valence-corrected chi connectivity index (χ1v) is 10.3. The zero-order valence-electron chi connectivity index (χ0n) is 15.4. The molecule has 0 heterocycles. The van der Waals surface area contributed by atoms with Crippen LogP contribution in [0.2, 0.25) is 0 Å². The first-order valence-electron chi connectivity index (χ1n) is 8.90. The van der Waals surface area contributed by atoms with Gasteiger partial charge in [-0.05, 0) is 29.5 Å². The number of hydrogen-bond donors (Lipinski definition) is 3. The van der Waals surface area contributed by atoms with Gasteiger partial charge in [0.2, 0.25) is 0 Å². The van der Waals surface area contributed by atoms with E-state index in [2.05, 4.69) is 6.92 Å². The zero-order valence-corrected chi connectivity index (χ0v) is 16.2. The summed E-state index contributed by atoms with van der Waals surface area (Å²) < 4.78 is 32.7. The van der Waals surface area contributed by atoms with E-state index in [1.807, 2.05) is 60.7 Å². The Morgan fingerprint density at radius 3 is 1.93 bits per heavy atom. The Morgan fingerprint density at radius 1 is 0.857 bits per heavy atom. The van der Waals surface area contributed by atoms with Gasteiger partial charge in [0.05, 0.1) is 0 Å². The molecule has 5 nitrogen and oxygen atoms in total. The summed E-state index contributed by atoms with van der Waals surface area (Å²) in [4.78, 5) is -0.698. The first kappa shape index (κ1) is 19.9. The largest absolute Gasteiger partial charge is 0.508 e. The van der Waals surface area contributed by atoms with Crippen molar-refractivity contribution in [1.82, 2.24) is 0 Å². The highest BCUT2D eigenvalue weighted by molar-refractivity contribution is 7.86. The molecule has 28 heavy (non-hydrogen) atoms. The number of aromatic hydroxyl groups is 2. The number of benzene rings is 3. The lowest BCUT2D eigenvalue weighted by atomic mass is 9.81. The van der Waals surface area contributed by atoms with Crippen molar-refractivity contribution >= 4 is 10.1 Å². The summed E-state index contributed by atoms with van der Waals surface area (Å²) in [5.74, 6) is -1.17. The van der Waals surface area contributed by atoms with Crippen LogP contribution in [0.1, 0.15) is 41.9 Å². The van der Waals surface area contributed by atoms with Gasteiger partial charge < -0.3 is 10.2 Å². The molecule has 3 N–H and O–H groups in total. The van der Waals surface area contributed by atoms with Gasteiger partial charge in [0.1, 0.15) is 16.4 Å². The molecule has 0 aliphatic carbocycles. The van der Waals surface area contributed by atoms with Gasteiger partial charge in [-0.3, -0.25) is 4.55 Å². The Morgan fingerprint density at radius 2 is 1.39 bits per heavy atom. The highest BCUT2D eigenvalue weighted by Crippen LogP contribution is 2.42. The van der Waals surface area contributed by atoms with E-state index in [9.17, 15) is 23.2 Å². The van der Waals surface area contributed by atoms with Crippen LogP contribution >= 0.6 is 0 Å². The summed E-state index contributed by atoms with van der Waals surface area (Å²) >= 11 is 0. The van der Waals surface area contributed by atoms with Gasteiger partial charge in [0, 0.05) is 17.5 Å². The van der Waals surface area contributed by atoms with Gasteiger partial charge in [-0.2, -0.15) is 8.42 Å².